The molecule has 0 saturated carbocycles. The zero-order valence-electron chi connectivity index (χ0n) is 10.6. The quantitative estimate of drug-likeness (QED) is 0.791. The Bertz CT molecular complexity index is 444. The molecule has 1 aromatic carbocycles. The molecule has 0 aliphatic carbocycles. The molecule has 1 amide bonds. The zero-order valence-corrected chi connectivity index (χ0v) is 10.6. The van der Waals surface area contributed by atoms with Crippen molar-refractivity contribution in [3.63, 3.8) is 0 Å². The Balaban J connectivity index is 2.83. The Labute approximate surface area is 106 Å². The molecule has 5 nitrogen and oxygen atoms in total. The van der Waals surface area contributed by atoms with E-state index < -0.39 is 11.9 Å². The van der Waals surface area contributed by atoms with Crippen molar-refractivity contribution in [2.45, 2.75) is 26.4 Å². The first-order valence-corrected chi connectivity index (χ1v) is 5.74. The molecule has 1 rings (SSSR count). The monoisotopic (exact) mass is 250 g/mol. The van der Waals surface area contributed by atoms with Crippen molar-refractivity contribution in [3.05, 3.63) is 35.4 Å². The lowest BCUT2D eigenvalue weighted by molar-refractivity contribution is -0.119. The molecular weight excluding hydrogens is 232 g/mol. The molecule has 0 unspecified atom stereocenters. The van der Waals surface area contributed by atoms with Gasteiger partial charge in [0.2, 0.25) is 5.91 Å². The molecule has 0 aliphatic rings. The summed E-state index contributed by atoms with van der Waals surface area (Å²) in [6.45, 7) is 4.59. The SMILES string of the molecule is CC(C)N(CC(N)=O)Cc1cccc(C(=O)O)c1. The van der Waals surface area contributed by atoms with Gasteiger partial charge in [-0.2, -0.15) is 0 Å². The summed E-state index contributed by atoms with van der Waals surface area (Å²) >= 11 is 0. The summed E-state index contributed by atoms with van der Waals surface area (Å²) in [7, 11) is 0. The van der Waals surface area contributed by atoms with Gasteiger partial charge in [0.05, 0.1) is 12.1 Å². The maximum absolute atomic E-state index is 11.0. The lowest BCUT2D eigenvalue weighted by Crippen LogP contribution is -2.37. The molecule has 0 fully saturated rings. The first-order chi connectivity index (χ1) is 8.40. The van der Waals surface area contributed by atoms with E-state index in [1.165, 1.54) is 0 Å². The number of carboxylic acid groups (broad SMARTS) is 1. The number of carbonyl (C=O) groups is 2. The molecule has 5 heteroatoms. The molecule has 0 aliphatic heterocycles. The molecule has 1 aromatic rings. The topological polar surface area (TPSA) is 83.6 Å². The van der Waals surface area contributed by atoms with Crippen LogP contribution in [0.5, 0.6) is 0 Å². The number of amides is 1. The highest BCUT2D eigenvalue weighted by Crippen LogP contribution is 2.10. The van der Waals surface area contributed by atoms with Crippen molar-refractivity contribution in [1.29, 1.82) is 0 Å². The summed E-state index contributed by atoms with van der Waals surface area (Å²) < 4.78 is 0. The van der Waals surface area contributed by atoms with E-state index >= 15 is 0 Å². The predicted molar refractivity (Wildman–Crippen MR) is 68.1 cm³/mol. The van der Waals surface area contributed by atoms with E-state index in [1.54, 1.807) is 18.2 Å². The maximum atomic E-state index is 11.0. The van der Waals surface area contributed by atoms with Gasteiger partial charge in [0.1, 0.15) is 0 Å². The van der Waals surface area contributed by atoms with Crippen LogP contribution in [0.3, 0.4) is 0 Å². The molecule has 0 saturated heterocycles. The second kappa shape index (κ2) is 6.16. The first-order valence-electron chi connectivity index (χ1n) is 5.74. The fourth-order valence-electron chi connectivity index (χ4n) is 1.66. The minimum Gasteiger partial charge on any atom is -0.478 e. The van der Waals surface area contributed by atoms with Crippen molar-refractivity contribution in [2.75, 3.05) is 6.54 Å². The molecule has 0 radical (unpaired) electrons. The van der Waals surface area contributed by atoms with Gasteiger partial charge in [-0.3, -0.25) is 9.69 Å². The fraction of sp³-hybridized carbons (Fsp3) is 0.385. The maximum Gasteiger partial charge on any atom is 0.335 e. The summed E-state index contributed by atoms with van der Waals surface area (Å²) in [6.07, 6.45) is 0. The standard InChI is InChI=1S/C13H18N2O3/c1-9(2)15(8-12(14)16)7-10-4-3-5-11(6-10)13(17)18/h3-6,9H,7-8H2,1-2H3,(H2,14,16)(H,17,18). The minimum absolute atomic E-state index is 0.158. The number of rotatable bonds is 6. The van der Waals surface area contributed by atoms with Gasteiger partial charge < -0.3 is 10.8 Å². The van der Waals surface area contributed by atoms with E-state index in [0.29, 0.717) is 6.54 Å². The Hall–Kier alpha value is -1.88. The number of carboxylic acids is 1. The van der Waals surface area contributed by atoms with E-state index in [-0.39, 0.29) is 18.2 Å². The van der Waals surface area contributed by atoms with Gasteiger partial charge in [0, 0.05) is 12.6 Å². The Morgan fingerprint density at radius 1 is 1.39 bits per heavy atom. The summed E-state index contributed by atoms with van der Waals surface area (Å²) in [5, 5.41) is 8.91. The molecule has 0 atom stereocenters. The van der Waals surface area contributed by atoms with Crippen molar-refractivity contribution >= 4 is 11.9 Å². The third-order valence-corrected chi connectivity index (χ3v) is 2.65. The number of primary amides is 1. The molecule has 0 aromatic heterocycles. The van der Waals surface area contributed by atoms with Crippen LogP contribution in [-0.4, -0.2) is 34.5 Å². The van der Waals surface area contributed by atoms with Gasteiger partial charge in [0.25, 0.3) is 0 Å². The number of benzene rings is 1. The molecule has 0 spiro atoms. The highest BCUT2D eigenvalue weighted by atomic mass is 16.4. The third-order valence-electron chi connectivity index (χ3n) is 2.65. The average molecular weight is 250 g/mol. The number of nitrogens with two attached hydrogens (primary N) is 1. The van der Waals surface area contributed by atoms with Gasteiger partial charge in [-0.15, -0.1) is 0 Å². The average Bonchev–Trinajstić information content (AvgIpc) is 2.27. The zero-order chi connectivity index (χ0) is 13.7. The highest BCUT2D eigenvalue weighted by molar-refractivity contribution is 5.87. The molecule has 0 bridgehead atoms. The minimum atomic E-state index is -0.956. The number of carbonyl (C=O) groups excluding carboxylic acids is 1. The van der Waals surface area contributed by atoms with Crippen LogP contribution in [0.15, 0.2) is 24.3 Å². The lowest BCUT2D eigenvalue weighted by Gasteiger charge is -2.25. The van der Waals surface area contributed by atoms with Crippen LogP contribution in [0.1, 0.15) is 29.8 Å². The highest BCUT2D eigenvalue weighted by Gasteiger charge is 2.13. The number of hydrogen-bond acceptors (Lipinski definition) is 3. The van der Waals surface area contributed by atoms with Gasteiger partial charge in [-0.1, -0.05) is 12.1 Å². The molecule has 3 N–H and O–H groups in total. The van der Waals surface area contributed by atoms with E-state index in [9.17, 15) is 9.59 Å². The second-order valence-corrected chi connectivity index (χ2v) is 4.47. The molecule has 18 heavy (non-hydrogen) atoms. The Morgan fingerprint density at radius 3 is 2.56 bits per heavy atom. The van der Waals surface area contributed by atoms with Crippen molar-refractivity contribution < 1.29 is 14.7 Å². The largest absolute Gasteiger partial charge is 0.478 e. The smallest absolute Gasteiger partial charge is 0.335 e. The van der Waals surface area contributed by atoms with E-state index in [1.807, 2.05) is 24.8 Å². The lowest BCUT2D eigenvalue weighted by atomic mass is 10.1. The van der Waals surface area contributed by atoms with Crippen LogP contribution < -0.4 is 5.73 Å². The summed E-state index contributed by atoms with van der Waals surface area (Å²) in [5.74, 6) is -1.35. The van der Waals surface area contributed by atoms with Crippen molar-refractivity contribution in [2.24, 2.45) is 5.73 Å². The van der Waals surface area contributed by atoms with Gasteiger partial charge >= 0.3 is 5.97 Å². The van der Waals surface area contributed by atoms with Crippen molar-refractivity contribution in [3.8, 4) is 0 Å². The van der Waals surface area contributed by atoms with Crippen LogP contribution >= 0.6 is 0 Å². The van der Waals surface area contributed by atoms with Crippen LogP contribution in [0.25, 0.3) is 0 Å². The van der Waals surface area contributed by atoms with E-state index in [4.69, 9.17) is 10.8 Å². The normalized spacial score (nSPS) is 10.9. The van der Waals surface area contributed by atoms with Gasteiger partial charge in [0.15, 0.2) is 0 Å². The van der Waals surface area contributed by atoms with Crippen LogP contribution in [0, 0.1) is 0 Å². The molecular formula is C13H18N2O3. The fourth-order valence-corrected chi connectivity index (χ4v) is 1.66. The number of hydrogen-bond donors (Lipinski definition) is 2. The second-order valence-electron chi connectivity index (χ2n) is 4.47. The Morgan fingerprint density at radius 2 is 2.06 bits per heavy atom. The van der Waals surface area contributed by atoms with E-state index in [2.05, 4.69) is 0 Å². The van der Waals surface area contributed by atoms with Crippen LogP contribution in [0.2, 0.25) is 0 Å². The predicted octanol–water partition coefficient (Wildman–Crippen LogP) is 1.08. The van der Waals surface area contributed by atoms with Gasteiger partial charge in [-0.25, -0.2) is 4.79 Å². The number of aromatic carboxylic acids is 1. The Kier molecular flexibility index (Phi) is 4.85. The van der Waals surface area contributed by atoms with E-state index in [0.717, 1.165) is 5.56 Å². The van der Waals surface area contributed by atoms with Crippen LogP contribution in [0.4, 0.5) is 0 Å². The summed E-state index contributed by atoms with van der Waals surface area (Å²) in [6, 6.07) is 6.84. The number of nitrogens with zero attached hydrogens (tertiary/aromatic N) is 1. The summed E-state index contributed by atoms with van der Waals surface area (Å²) in [4.78, 5) is 23.7. The first kappa shape index (κ1) is 14.2. The molecule has 98 valence electrons. The van der Waals surface area contributed by atoms with Gasteiger partial charge in [-0.05, 0) is 31.5 Å². The summed E-state index contributed by atoms with van der Waals surface area (Å²) in [5.41, 5.74) is 6.29. The van der Waals surface area contributed by atoms with Crippen LogP contribution in [-0.2, 0) is 11.3 Å². The third kappa shape index (κ3) is 4.18. The molecule has 0 heterocycles. The van der Waals surface area contributed by atoms with Crippen molar-refractivity contribution in [1.82, 2.24) is 4.90 Å².